The number of rotatable bonds is 8. The van der Waals surface area contributed by atoms with Gasteiger partial charge < -0.3 is 9.84 Å². The van der Waals surface area contributed by atoms with Gasteiger partial charge >= 0.3 is 12.1 Å². The van der Waals surface area contributed by atoms with Gasteiger partial charge in [-0.05, 0) is 53.2 Å². The maximum atomic E-state index is 13.4. The van der Waals surface area contributed by atoms with Gasteiger partial charge in [-0.15, -0.1) is 0 Å². The average molecular weight is 540 g/mol. The number of fused-ring (bicyclic) bond motifs is 1. The van der Waals surface area contributed by atoms with E-state index in [0.29, 0.717) is 16.5 Å². The van der Waals surface area contributed by atoms with Crippen molar-refractivity contribution in [2.75, 3.05) is 19.8 Å². The van der Waals surface area contributed by atoms with E-state index in [9.17, 15) is 27.6 Å². The molecule has 3 aromatic rings. The molecule has 0 unspecified atom stereocenters. The Labute approximate surface area is 211 Å². The molecule has 1 aliphatic heterocycles. The normalized spacial score (nSPS) is 15.4. The zero-order valence-electron chi connectivity index (χ0n) is 18.3. The van der Waals surface area contributed by atoms with E-state index in [1.165, 1.54) is 29.1 Å². The molecule has 2 amide bonds. The highest BCUT2D eigenvalue weighted by atomic mass is 35.5. The van der Waals surface area contributed by atoms with Gasteiger partial charge in [0.2, 0.25) is 0 Å². The van der Waals surface area contributed by atoms with Crippen LogP contribution >= 0.6 is 23.4 Å². The quantitative estimate of drug-likeness (QED) is 0.321. The van der Waals surface area contributed by atoms with Crippen molar-refractivity contribution in [1.29, 1.82) is 0 Å². The van der Waals surface area contributed by atoms with E-state index in [4.69, 9.17) is 21.4 Å². The van der Waals surface area contributed by atoms with Crippen LogP contribution in [0.3, 0.4) is 0 Å². The third-order valence-electron chi connectivity index (χ3n) is 5.22. The number of ether oxygens (including phenoxy) is 1. The molecule has 13 heteroatoms. The number of aromatic nitrogens is 2. The zero-order chi connectivity index (χ0) is 26.0. The highest BCUT2D eigenvalue weighted by Crippen LogP contribution is 2.35. The number of benzene rings is 2. The molecule has 1 N–H and O–H groups in total. The Hall–Kier alpha value is -3.35. The van der Waals surface area contributed by atoms with Crippen molar-refractivity contribution >= 4 is 57.5 Å². The number of carboxylic acids is 1. The summed E-state index contributed by atoms with van der Waals surface area (Å²) in [5, 5.41) is 12.9. The Bertz CT molecular complexity index is 1390. The second-order valence-electron chi connectivity index (χ2n) is 7.70. The lowest BCUT2D eigenvalue weighted by atomic mass is 10.1. The van der Waals surface area contributed by atoms with Crippen molar-refractivity contribution in [2.24, 2.45) is 0 Å². The van der Waals surface area contributed by atoms with Gasteiger partial charge in [-0.2, -0.15) is 18.3 Å². The molecule has 1 fully saturated rings. The number of halogens is 4. The fourth-order valence-electron chi connectivity index (χ4n) is 3.59. The fourth-order valence-corrected chi connectivity index (χ4v) is 4.63. The molecule has 0 bridgehead atoms. The molecule has 2 aromatic carbocycles. The smallest absolute Gasteiger partial charge is 0.416 e. The van der Waals surface area contributed by atoms with Crippen molar-refractivity contribution in [3.05, 3.63) is 69.2 Å². The molecule has 0 saturated carbocycles. The lowest BCUT2D eigenvalue weighted by molar-refractivity contribution is -0.142. The van der Waals surface area contributed by atoms with Gasteiger partial charge in [0.05, 0.1) is 41.9 Å². The number of aliphatic carboxylic acids is 1. The van der Waals surface area contributed by atoms with Crippen LogP contribution in [0.15, 0.2) is 47.5 Å². The summed E-state index contributed by atoms with van der Waals surface area (Å²) in [6.07, 6.45) is -1.54. The number of thioether (sulfide) groups is 1. The standard InChI is InChI=1S/C23H17ClF3N3O5S/c24-16-3-2-14(17(9-16)23(25,26)27)11-30-18-4-1-13(7-15(18)10-28-30)8-19-21(33)29(22(34)36-19)5-6-35-12-20(31)32/h1-4,7-10H,5-6,11-12H2,(H,31,32). The minimum atomic E-state index is -4.57. The summed E-state index contributed by atoms with van der Waals surface area (Å²) < 4.78 is 46.6. The number of carboxylic acid groups (broad SMARTS) is 1. The molecular formula is C23H17ClF3N3O5S. The molecule has 0 atom stereocenters. The van der Waals surface area contributed by atoms with Gasteiger partial charge in [0, 0.05) is 10.4 Å². The van der Waals surface area contributed by atoms with Crippen molar-refractivity contribution in [3.8, 4) is 0 Å². The molecular weight excluding hydrogens is 523 g/mol. The lowest BCUT2D eigenvalue weighted by Gasteiger charge is -2.14. The molecule has 8 nitrogen and oxygen atoms in total. The summed E-state index contributed by atoms with van der Waals surface area (Å²) >= 11 is 6.50. The van der Waals surface area contributed by atoms with E-state index < -0.39 is 35.5 Å². The number of amides is 2. The Morgan fingerprint density at radius 1 is 1.19 bits per heavy atom. The van der Waals surface area contributed by atoms with Crippen molar-refractivity contribution < 1.29 is 37.4 Å². The van der Waals surface area contributed by atoms with Crippen LogP contribution in [-0.2, 0) is 27.0 Å². The third-order valence-corrected chi connectivity index (χ3v) is 6.36. The van der Waals surface area contributed by atoms with Crippen LogP contribution in [0.1, 0.15) is 16.7 Å². The highest BCUT2D eigenvalue weighted by Gasteiger charge is 2.35. The van der Waals surface area contributed by atoms with E-state index in [1.54, 1.807) is 18.2 Å². The molecule has 188 valence electrons. The van der Waals surface area contributed by atoms with Crippen LogP contribution in [0, 0.1) is 0 Å². The van der Waals surface area contributed by atoms with Crippen LogP contribution in [0.25, 0.3) is 17.0 Å². The van der Waals surface area contributed by atoms with Gasteiger partial charge in [0.1, 0.15) is 6.61 Å². The lowest BCUT2D eigenvalue weighted by Crippen LogP contribution is -2.32. The van der Waals surface area contributed by atoms with Crippen molar-refractivity contribution in [1.82, 2.24) is 14.7 Å². The number of carbonyl (C=O) groups excluding carboxylic acids is 2. The topological polar surface area (TPSA) is 102 Å². The molecule has 0 aliphatic carbocycles. The van der Waals surface area contributed by atoms with Gasteiger partial charge in [-0.1, -0.05) is 23.7 Å². The van der Waals surface area contributed by atoms with Crippen LogP contribution in [-0.4, -0.2) is 56.7 Å². The van der Waals surface area contributed by atoms with Crippen molar-refractivity contribution in [3.63, 3.8) is 0 Å². The zero-order valence-corrected chi connectivity index (χ0v) is 19.9. The molecule has 4 rings (SSSR count). The number of carbonyl (C=O) groups is 3. The first-order chi connectivity index (χ1) is 17.0. The van der Waals surface area contributed by atoms with Gasteiger partial charge in [-0.3, -0.25) is 19.2 Å². The molecule has 1 aliphatic rings. The molecule has 1 aromatic heterocycles. The van der Waals surface area contributed by atoms with Crippen LogP contribution in [0.5, 0.6) is 0 Å². The van der Waals surface area contributed by atoms with E-state index >= 15 is 0 Å². The second-order valence-corrected chi connectivity index (χ2v) is 9.13. The van der Waals surface area contributed by atoms with Gasteiger partial charge in [0.25, 0.3) is 11.1 Å². The minimum absolute atomic E-state index is 0.0155. The van der Waals surface area contributed by atoms with Crippen molar-refractivity contribution in [2.45, 2.75) is 12.7 Å². The van der Waals surface area contributed by atoms with E-state index in [2.05, 4.69) is 5.10 Å². The molecule has 2 heterocycles. The summed E-state index contributed by atoms with van der Waals surface area (Å²) in [7, 11) is 0. The van der Waals surface area contributed by atoms with E-state index in [0.717, 1.165) is 22.7 Å². The fraction of sp³-hybridized carbons (Fsp3) is 0.217. The Morgan fingerprint density at radius 2 is 1.97 bits per heavy atom. The van der Waals surface area contributed by atoms with Crippen LogP contribution in [0.2, 0.25) is 5.02 Å². The molecule has 36 heavy (non-hydrogen) atoms. The average Bonchev–Trinajstić information content (AvgIpc) is 3.31. The highest BCUT2D eigenvalue weighted by molar-refractivity contribution is 8.18. The number of nitrogens with zero attached hydrogens (tertiary/aromatic N) is 3. The first-order valence-electron chi connectivity index (χ1n) is 10.4. The molecule has 0 radical (unpaired) electrons. The van der Waals surface area contributed by atoms with E-state index in [-0.39, 0.29) is 35.2 Å². The predicted octanol–water partition coefficient (Wildman–Crippen LogP) is 4.89. The number of hydrogen-bond acceptors (Lipinski definition) is 6. The summed E-state index contributed by atoms with van der Waals surface area (Å²) in [5.74, 6) is -1.68. The Morgan fingerprint density at radius 3 is 2.69 bits per heavy atom. The molecule has 1 saturated heterocycles. The first kappa shape index (κ1) is 25.7. The summed E-state index contributed by atoms with van der Waals surface area (Å²) in [5.41, 5.74) is 0.359. The minimum Gasteiger partial charge on any atom is -0.480 e. The van der Waals surface area contributed by atoms with E-state index in [1.807, 2.05) is 0 Å². The SMILES string of the molecule is O=C(O)COCCN1C(=O)SC(=Cc2ccc3c(cnn3Cc3ccc(Cl)cc3C(F)(F)F)c2)C1=O. The largest absolute Gasteiger partial charge is 0.480 e. The summed E-state index contributed by atoms with van der Waals surface area (Å²) in [6.45, 7) is -0.842. The number of imide groups is 1. The van der Waals surface area contributed by atoms with Gasteiger partial charge in [0.15, 0.2) is 0 Å². The maximum Gasteiger partial charge on any atom is 0.416 e. The first-order valence-corrected chi connectivity index (χ1v) is 11.6. The maximum absolute atomic E-state index is 13.4. The predicted molar refractivity (Wildman–Crippen MR) is 126 cm³/mol. The Balaban J connectivity index is 1.52. The summed E-state index contributed by atoms with van der Waals surface area (Å²) in [4.78, 5) is 36.4. The third kappa shape index (κ3) is 5.72. The number of hydrogen-bond donors (Lipinski definition) is 1. The summed E-state index contributed by atoms with van der Waals surface area (Å²) in [6, 6.07) is 8.62. The monoisotopic (exact) mass is 539 g/mol. The van der Waals surface area contributed by atoms with Crippen LogP contribution < -0.4 is 0 Å². The van der Waals surface area contributed by atoms with Gasteiger partial charge in [-0.25, -0.2) is 4.79 Å². The van der Waals surface area contributed by atoms with Crippen LogP contribution in [0.4, 0.5) is 18.0 Å². The number of alkyl halides is 3. The second kappa shape index (κ2) is 10.3. The Kier molecular flexibility index (Phi) is 7.38. The molecule has 0 spiro atoms.